The van der Waals surface area contributed by atoms with Crippen LogP contribution in [0.2, 0.25) is 0 Å². The molecule has 0 saturated carbocycles. The highest BCUT2D eigenvalue weighted by molar-refractivity contribution is 7.98. The third-order valence-electron chi connectivity index (χ3n) is 3.00. The van der Waals surface area contributed by atoms with Crippen molar-refractivity contribution in [3.8, 4) is 11.5 Å². The predicted octanol–water partition coefficient (Wildman–Crippen LogP) is 4.60. The maximum atomic E-state index is 5.31. The van der Waals surface area contributed by atoms with Crippen LogP contribution in [0.4, 0.5) is 0 Å². The highest BCUT2D eigenvalue weighted by atomic mass is 32.2. The lowest BCUT2D eigenvalue weighted by Crippen LogP contribution is -1.90. The van der Waals surface area contributed by atoms with E-state index in [9.17, 15) is 0 Å². The first kappa shape index (κ1) is 14.5. The predicted molar refractivity (Wildman–Crippen MR) is 86.7 cm³/mol. The van der Waals surface area contributed by atoms with Crippen molar-refractivity contribution in [3.63, 3.8) is 0 Å². The van der Waals surface area contributed by atoms with E-state index in [0.29, 0.717) is 0 Å². The summed E-state index contributed by atoms with van der Waals surface area (Å²) in [5.74, 6) is 1.49. The molecule has 2 aromatic rings. The molecule has 0 unspecified atom stereocenters. The number of thioether (sulfide) groups is 1. The zero-order chi connectivity index (χ0) is 14.4. The highest BCUT2D eigenvalue weighted by Gasteiger charge is 2.03. The van der Waals surface area contributed by atoms with Gasteiger partial charge in [0.2, 0.25) is 0 Å². The number of methoxy groups -OCH3 is 2. The standard InChI is InChI=1S/C17H18O2S/c1-18-15-11-9-13(12-16(15)19-2)8-10-14-6-4-5-7-17(14)20-3/h4-12H,1-3H3/b10-8+. The van der Waals surface area contributed by atoms with Gasteiger partial charge in [-0.2, -0.15) is 0 Å². The van der Waals surface area contributed by atoms with E-state index in [1.807, 2.05) is 24.3 Å². The molecule has 2 aromatic carbocycles. The van der Waals surface area contributed by atoms with Crippen molar-refractivity contribution in [2.45, 2.75) is 4.90 Å². The summed E-state index contributed by atoms with van der Waals surface area (Å²) in [6.07, 6.45) is 6.28. The van der Waals surface area contributed by atoms with Gasteiger partial charge in [0.05, 0.1) is 14.2 Å². The quantitative estimate of drug-likeness (QED) is 0.591. The number of rotatable bonds is 5. The van der Waals surface area contributed by atoms with E-state index in [2.05, 4.69) is 36.6 Å². The van der Waals surface area contributed by atoms with E-state index in [0.717, 1.165) is 17.1 Å². The molecule has 2 nitrogen and oxygen atoms in total. The van der Waals surface area contributed by atoms with E-state index in [-0.39, 0.29) is 0 Å². The molecule has 0 aliphatic heterocycles. The third kappa shape index (κ3) is 3.36. The summed E-state index contributed by atoms with van der Waals surface area (Å²) in [6, 6.07) is 14.2. The summed E-state index contributed by atoms with van der Waals surface area (Å²) in [4.78, 5) is 1.27. The minimum Gasteiger partial charge on any atom is -0.493 e. The molecule has 0 saturated heterocycles. The van der Waals surface area contributed by atoms with Gasteiger partial charge in [0, 0.05) is 4.90 Å². The average molecular weight is 286 g/mol. The van der Waals surface area contributed by atoms with Crippen molar-refractivity contribution < 1.29 is 9.47 Å². The fraction of sp³-hybridized carbons (Fsp3) is 0.176. The molecule has 0 aromatic heterocycles. The monoisotopic (exact) mass is 286 g/mol. The largest absolute Gasteiger partial charge is 0.493 e. The van der Waals surface area contributed by atoms with Crippen LogP contribution >= 0.6 is 11.8 Å². The molecule has 3 heteroatoms. The fourth-order valence-corrected chi connectivity index (χ4v) is 2.53. The maximum absolute atomic E-state index is 5.31. The van der Waals surface area contributed by atoms with Crippen LogP contribution < -0.4 is 9.47 Å². The Kier molecular flexibility index (Phi) is 5.13. The van der Waals surface area contributed by atoms with Crippen LogP contribution in [0, 0.1) is 0 Å². The van der Waals surface area contributed by atoms with Gasteiger partial charge in [0.15, 0.2) is 11.5 Å². The Bertz CT molecular complexity index is 606. The van der Waals surface area contributed by atoms with Gasteiger partial charge in [-0.3, -0.25) is 0 Å². The Hall–Kier alpha value is -1.87. The first-order valence-corrected chi connectivity index (χ1v) is 7.54. The molecule has 0 amide bonds. The summed E-state index contributed by atoms with van der Waals surface area (Å²) >= 11 is 1.75. The Balaban J connectivity index is 2.27. The summed E-state index contributed by atoms with van der Waals surface area (Å²) in [7, 11) is 3.29. The molecule has 0 aliphatic carbocycles. The molecule has 0 fully saturated rings. The lowest BCUT2D eigenvalue weighted by molar-refractivity contribution is 0.355. The SMILES string of the molecule is COc1ccc(/C=C/c2ccccc2SC)cc1OC. The second kappa shape index (κ2) is 7.06. The van der Waals surface area contributed by atoms with Crippen LogP contribution in [0.1, 0.15) is 11.1 Å². The maximum Gasteiger partial charge on any atom is 0.161 e. The Morgan fingerprint density at radius 1 is 0.900 bits per heavy atom. The van der Waals surface area contributed by atoms with Crippen molar-refractivity contribution in [2.75, 3.05) is 20.5 Å². The van der Waals surface area contributed by atoms with E-state index in [1.165, 1.54) is 10.5 Å². The summed E-state index contributed by atoms with van der Waals surface area (Å²) in [5, 5.41) is 0. The van der Waals surface area contributed by atoms with E-state index >= 15 is 0 Å². The smallest absolute Gasteiger partial charge is 0.161 e. The van der Waals surface area contributed by atoms with Crippen LogP contribution in [-0.2, 0) is 0 Å². The number of benzene rings is 2. The number of ether oxygens (including phenoxy) is 2. The van der Waals surface area contributed by atoms with Gasteiger partial charge in [-0.1, -0.05) is 36.4 Å². The van der Waals surface area contributed by atoms with Gasteiger partial charge >= 0.3 is 0 Å². The van der Waals surface area contributed by atoms with Crippen molar-refractivity contribution in [1.82, 2.24) is 0 Å². The second-order valence-corrected chi connectivity index (χ2v) is 5.04. The molecule has 2 rings (SSSR count). The van der Waals surface area contributed by atoms with Gasteiger partial charge in [-0.15, -0.1) is 11.8 Å². The van der Waals surface area contributed by atoms with Crippen LogP contribution in [0.3, 0.4) is 0 Å². The van der Waals surface area contributed by atoms with Crippen LogP contribution in [0.25, 0.3) is 12.2 Å². The molecule has 0 heterocycles. The van der Waals surface area contributed by atoms with Crippen LogP contribution in [-0.4, -0.2) is 20.5 Å². The molecule has 104 valence electrons. The normalized spacial score (nSPS) is 10.8. The minimum atomic E-state index is 0.743. The molecule has 0 aliphatic rings. The summed E-state index contributed by atoms with van der Waals surface area (Å²) in [6.45, 7) is 0. The zero-order valence-electron chi connectivity index (χ0n) is 11.9. The summed E-state index contributed by atoms with van der Waals surface area (Å²) < 4.78 is 10.5. The first-order chi connectivity index (χ1) is 9.78. The van der Waals surface area contributed by atoms with E-state index in [4.69, 9.17) is 9.47 Å². The van der Waals surface area contributed by atoms with Gasteiger partial charge < -0.3 is 9.47 Å². The van der Waals surface area contributed by atoms with Crippen LogP contribution in [0.15, 0.2) is 47.4 Å². The second-order valence-electron chi connectivity index (χ2n) is 4.19. The molecule has 0 spiro atoms. The van der Waals surface area contributed by atoms with Crippen molar-refractivity contribution in [3.05, 3.63) is 53.6 Å². The average Bonchev–Trinajstić information content (AvgIpc) is 2.52. The van der Waals surface area contributed by atoms with Gasteiger partial charge in [0.25, 0.3) is 0 Å². The van der Waals surface area contributed by atoms with Crippen molar-refractivity contribution in [2.24, 2.45) is 0 Å². The zero-order valence-corrected chi connectivity index (χ0v) is 12.7. The molecule has 0 N–H and O–H groups in total. The van der Waals surface area contributed by atoms with Gasteiger partial charge in [-0.25, -0.2) is 0 Å². The Morgan fingerprint density at radius 3 is 2.35 bits per heavy atom. The van der Waals surface area contributed by atoms with Crippen LogP contribution in [0.5, 0.6) is 11.5 Å². The lowest BCUT2D eigenvalue weighted by Gasteiger charge is -2.07. The topological polar surface area (TPSA) is 18.5 Å². The Labute approximate surface area is 124 Å². The minimum absolute atomic E-state index is 0.743. The molecule has 0 radical (unpaired) electrons. The van der Waals surface area contributed by atoms with E-state index < -0.39 is 0 Å². The molecule has 0 atom stereocenters. The molecule has 0 bridgehead atoms. The highest BCUT2D eigenvalue weighted by Crippen LogP contribution is 2.29. The van der Waals surface area contributed by atoms with Crippen molar-refractivity contribution in [1.29, 1.82) is 0 Å². The van der Waals surface area contributed by atoms with E-state index in [1.54, 1.807) is 26.0 Å². The molecule has 20 heavy (non-hydrogen) atoms. The summed E-state index contributed by atoms with van der Waals surface area (Å²) in [5.41, 5.74) is 2.30. The molecular formula is C17H18O2S. The third-order valence-corrected chi connectivity index (χ3v) is 3.81. The fourth-order valence-electron chi connectivity index (χ4n) is 1.95. The lowest BCUT2D eigenvalue weighted by atomic mass is 10.1. The molecular weight excluding hydrogens is 268 g/mol. The first-order valence-electron chi connectivity index (χ1n) is 6.31. The van der Waals surface area contributed by atoms with Gasteiger partial charge in [0.1, 0.15) is 0 Å². The Morgan fingerprint density at radius 2 is 1.65 bits per heavy atom. The van der Waals surface area contributed by atoms with Crippen molar-refractivity contribution >= 4 is 23.9 Å². The van der Waals surface area contributed by atoms with Gasteiger partial charge in [-0.05, 0) is 35.6 Å². The number of hydrogen-bond donors (Lipinski definition) is 0. The number of hydrogen-bond acceptors (Lipinski definition) is 3.